The Morgan fingerprint density at radius 2 is 2.23 bits per heavy atom. The molecule has 2 amide bonds. The van der Waals surface area contributed by atoms with E-state index in [1.807, 2.05) is 0 Å². The van der Waals surface area contributed by atoms with E-state index in [-0.39, 0.29) is 46.0 Å². The van der Waals surface area contributed by atoms with Crippen LogP contribution in [0, 0.1) is 5.41 Å². The number of esters is 1. The van der Waals surface area contributed by atoms with Gasteiger partial charge < -0.3 is 31.0 Å². The number of rotatable bonds is 8. The number of aliphatic carboxylic acids is 1. The number of fused-ring (bicyclic) bond motifs is 1. The van der Waals surface area contributed by atoms with Gasteiger partial charge in [-0.2, -0.15) is 0 Å². The lowest BCUT2D eigenvalue weighted by atomic mass is 10.0. The Morgan fingerprint density at radius 3 is 2.83 bits per heavy atom. The summed E-state index contributed by atoms with van der Waals surface area (Å²) in [6.45, 7) is 1.49. The highest BCUT2D eigenvalue weighted by Crippen LogP contribution is 2.40. The molecule has 0 aliphatic carbocycles. The van der Waals surface area contributed by atoms with Gasteiger partial charge in [0.15, 0.2) is 16.9 Å². The molecular weight excluding hydrogens is 502 g/mol. The van der Waals surface area contributed by atoms with Crippen LogP contribution in [0.15, 0.2) is 21.8 Å². The van der Waals surface area contributed by atoms with Crippen molar-refractivity contribution in [3.8, 4) is 0 Å². The van der Waals surface area contributed by atoms with E-state index in [0.29, 0.717) is 13.0 Å². The number of β-lactam (4-membered cyclic amide) rings is 1. The summed E-state index contributed by atoms with van der Waals surface area (Å²) < 4.78 is 4.91. The maximum atomic E-state index is 13.1. The number of oxime groups is 1. The number of nitrogens with one attached hydrogen (secondary N) is 3. The van der Waals surface area contributed by atoms with E-state index in [0.717, 1.165) is 16.2 Å². The number of ether oxygens (including phenoxy) is 1. The van der Waals surface area contributed by atoms with Crippen molar-refractivity contribution in [2.75, 3.05) is 24.6 Å². The Balaban J connectivity index is 1.51. The van der Waals surface area contributed by atoms with Gasteiger partial charge in [0.1, 0.15) is 35.2 Å². The molecule has 1 aromatic rings. The van der Waals surface area contributed by atoms with Crippen molar-refractivity contribution < 1.29 is 33.9 Å². The molecule has 186 valence electrons. The lowest BCUT2D eigenvalue weighted by molar-refractivity contribution is -0.150. The number of amides is 2. The monoisotopic (exact) mass is 523 g/mol. The largest absolute Gasteiger partial charge is 0.477 e. The highest BCUT2D eigenvalue weighted by atomic mass is 32.2. The number of thioether (sulfide) groups is 1. The molecule has 14 nitrogen and oxygen atoms in total. The van der Waals surface area contributed by atoms with E-state index in [9.17, 15) is 24.3 Å². The number of hydrogen-bond donors (Lipinski definition) is 5. The summed E-state index contributed by atoms with van der Waals surface area (Å²) in [5.41, 5.74) is 5.62. The Hall–Kier alpha value is -3.66. The first kappa shape index (κ1) is 24.5. The van der Waals surface area contributed by atoms with E-state index < -0.39 is 41.3 Å². The number of carbonyl (C=O) groups is 4. The molecule has 6 N–H and O–H groups in total. The van der Waals surface area contributed by atoms with Gasteiger partial charge in [-0.05, 0) is 0 Å². The van der Waals surface area contributed by atoms with Crippen LogP contribution >= 0.6 is 23.1 Å². The molecular formula is C19H21N7O7S2. The normalized spacial score (nSPS) is 23.9. The van der Waals surface area contributed by atoms with Gasteiger partial charge in [-0.1, -0.05) is 5.16 Å². The molecule has 0 aromatic carbocycles. The molecule has 1 aromatic heterocycles. The Morgan fingerprint density at radius 1 is 1.46 bits per heavy atom. The topological polar surface area (TPSA) is 209 Å². The van der Waals surface area contributed by atoms with Gasteiger partial charge in [-0.15, -0.1) is 23.1 Å². The van der Waals surface area contributed by atoms with Crippen molar-refractivity contribution in [1.82, 2.24) is 20.5 Å². The number of anilines is 1. The van der Waals surface area contributed by atoms with Gasteiger partial charge in [-0.25, -0.2) is 9.78 Å². The summed E-state index contributed by atoms with van der Waals surface area (Å²) in [7, 11) is 0. The van der Waals surface area contributed by atoms with E-state index >= 15 is 0 Å². The zero-order valence-electron chi connectivity index (χ0n) is 18.3. The minimum atomic E-state index is -1.34. The third-order valence-electron chi connectivity index (χ3n) is 5.28. The van der Waals surface area contributed by atoms with Crippen LogP contribution in [0.1, 0.15) is 19.0 Å². The molecule has 0 spiro atoms. The van der Waals surface area contributed by atoms with Crippen molar-refractivity contribution in [2.24, 2.45) is 5.16 Å². The standard InChI is InChI=1S/C19H21N7O7S2/c1-7(27)32-4-8-5-34-17-12(16(29)26(17)13(8)18(30)31)24-15(28)11(9-6-35-19(21)23-9)25-33-10-2-3-22-14(10)20/h6,10,12,17H,2-5H2,1H3,(H2,20,22)(H2,21,23)(H,24,28)(H,30,31)/t10?,12-,17+/m1/s1. The van der Waals surface area contributed by atoms with E-state index in [4.69, 9.17) is 20.7 Å². The smallest absolute Gasteiger partial charge is 0.352 e. The molecule has 1 unspecified atom stereocenters. The van der Waals surface area contributed by atoms with Gasteiger partial charge in [0.25, 0.3) is 11.8 Å². The molecule has 16 heteroatoms. The summed E-state index contributed by atoms with van der Waals surface area (Å²) in [5.74, 6) is -2.98. The number of aromatic nitrogens is 1. The maximum Gasteiger partial charge on any atom is 0.352 e. The van der Waals surface area contributed by atoms with E-state index in [1.54, 1.807) is 0 Å². The Bertz CT molecular complexity index is 1160. The second kappa shape index (κ2) is 9.91. The van der Waals surface area contributed by atoms with Crippen LogP contribution in [0.4, 0.5) is 5.13 Å². The second-order valence-electron chi connectivity index (χ2n) is 7.63. The first-order valence-electron chi connectivity index (χ1n) is 10.3. The lowest BCUT2D eigenvalue weighted by Gasteiger charge is -2.49. The highest BCUT2D eigenvalue weighted by Gasteiger charge is 2.54. The molecule has 0 bridgehead atoms. The zero-order valence-corrected chi connectivity index (χ0v) is 19.9. The van der Waals surface area contributed by atoms with Crippen LogP contribution in [0.3, 0.4) is 0 Å². The molecule has 4 heterocycles. The quantitative estimate of drug-likeness (QED) is 0.122. The van der Waals surface area contributed by atoms with E-state index in [2.05, 4.69) is 20.8 Å². The average molecular weight is 524 g/mol. The van der Waals surface area contributed by atoms with Gasteiger partial charge in [-0.3, -0.25) is 24.7 Å². The molecule has 0 radical (unpaired) electrons. The number of hydrogen-bond acceptors (Lipinski definition) is 12. The van der Waals surface area contributed by atoms with Crippen LogP contribution in [0.2, 0.25) is 0 Å². The van der Waals surface area contributed by atoms with Gasteiger partial charge in [0.05, 0.1) is 0 Å². The molecule has 2 fully saturated rings. The second-order valence-corrected chi connectivity index (χ2v) is 9.63. The van der Waals surface area contributed by atoms with Crippen molar-refractivity contribution in [3.63, 3.8) is 0 Å². The summed E-state index contributed by atoms with van der Waals surface area (Å²) in [5, 5.41) is 27.8. The van der Waals surface area contributed by atoms with Crippen LogP contribution in [-0.4, -0.2) is 86.7 Å². The van der Waals surface area contributed by atoms with Crippen molar-refractivity contribution in [2.45, 2.75) is 30.9 Å². The molecule has 3 atom stereocenters. The van der Waals surface area contributed by atoms with Crippen molar-refractivity contribution >= 4 is 63.5 Å². The first-order chi connectivity index (χ1) is 16.7. The van der Waals surface area contributed by atoms with Crippen LogP contribution in [-0.2, 0) is 28.8 Å². The predicted octanol–water partition coefficient (Wildman–Crippen LogP) is -0.913. The van der Waals surface area contributed by atoms with Gasteiger partial charge >= 0.3 is 11.9 Å². The summed E-state index contributed by atoms with van der Waals surface area (Å²) in [6.07, 6.45) is -0.159. The highest BCUT2D eigenvalue weighted by molar-refractivity contribution is 8.00. The lowest BCUT2D eigenvalue weighted by Crippen LogP contribution is -2.71. The van der Waals surface area contributed by atoms with Crippen LogP contribution in [0.5, 0.6) is 0 Å². The molecule has 35 heavy (non-hydrogen) atoms. The fourth-order valence-corrected chi connectivity index (χ4v) is 5.49. The zero-order chi connectivity index (χ0) is 25.3. The van der Waals surface area contributed by atoms with Crippen LogP contribution < -0.4 is 16.4 Å². The summed E-state index contributed by atoms with van der Waals surface area (Å²) in [4.78, 5) is 59.4. The number of nitrogens with two attached hydrogens (primary N) is 1. The molecule has 4 rings (SSSR count). The molecule has 0 saturated carbocycles. The average Bonchev–Trinajstić information content (AvgIpc) is 3.43. The molecule has 3 aliphatic heterocycles. The third kappa shape index (κ3) is 4.93. The number of thiazole rings is 1. The minimum absolute atomic E-state index is 0.132. The van der Waals surface area contributed by atoms with Gasteiger partial charge in [0, 0.05) is 36.6 Å². The Labute approximate surface area is 206 Å². The van der Waals surface area contributed by atoms with Crippen molar-refractivity contribution in [1.29, 1.82) is 5.41 Å². The number of carboxylic acid groups (broad SMARTS) is 1. The predicted molar refractivity (Wildman–Crippen MR) is 125 cm³/mol. The number of nitrogens with zero attached hydrogens (tertiary/aromatic N) is 3. The first-order valence-corrected chi connectivity index (χ1v) is 12.2. The molecule has 3 aliphatic rings. The maximum absolute atomic E-state index is 13.1. The number of nitrogen functional groups attached to an aromatic ring is 1. The van der Waals surface area contributed by atoms with E-state index in [1.165, 1.54) is 24.1 Å². The number of amidine groups is 1. The van der Waals surface area contributed by atoms with Crippen LogP contribution in [0.25, 0.3) is 0 Å². The van der Waals surface area contributed by atoms with Crippen molar-refractivity contribution in [3.05, 3.63) is 22.3 Å². The van der Waals surface area contributed by atoms with Gasteiger partial charge in [0.2, 0.25) is 0 Å². The third-order valence-corrected chi connectivity index (χ3v) is 7.29. The minimum Gasteiger partial charge on any atom is -0.477 e. The number of carbonyl (C=O) groups excluding carboxylic acids is 3. The summed E-state index contributed by atoms with van der Waals surface area (Å²) in [6, 6.07) is -1.02. The Kier molecular flexibility index (Phi) is 6.93. The summed E-state index contributed by atoms with van der Waals surface area (Å²) >= 11 is 2.32. The molecule has 2 saturated heterocycles. The fraction of sp³-hybridized carbons (Fsp3) is 0.421. The SMILES string of the molecule is CC(=O)OCC1=C(C(=O)O)N2C(=O)[C@@H](NC(=O)C(=NOC3CCNC3=N)c3csc(N)n3)[C@@H]2SC1. The number of carboxylic acids is 1. The fourth-order valence-electron chi connectivity index (χ4n) is 3.61.